The number of hydrogen-bond donors (Lipinski definition) is 1. The molecule has 1 aromatic carbocycles. The molecule has 5 heteroatoms. The van der Waals surface area contributed by atoms with Crippen LogP contribution in [0.3, 0.4) is 0 Å². The van der Waals surface area contributed by atoms with Crippen molar-refractivity contribution in [2.75, 3.05) is 5.73 Å². The Morgan fingerprint density at radius 3 is 2.58 bits per heavy atom. The molecule has 0 spiro atoms. The van der Waals surface area contributed by atoms with E-state index in [1.54, 1.807) is 0 Å². The minimum Gasteiger partial charge on any atom is -0.397 e. The van der Waals surface area contributed by atoms with Gasteiger partial charge < -0.3 is 5.73 Å². The lowest BCUT2D eigenvalue weighted by atomic mass is 10.2. The number of carbonyl (C=O) groups excluding carboxylic acids is 1. The van der Waals surface area contributed by atoms with Gasteiger partial charge in [0.2, 0.25) is 0 Å². The fourth-order valence-corrected chi connectivity index (χ4v) is 1.16. The Hall–Kier alpha value is -0.970. The summed E-state index contributed by atoms with van der Waals surface area (Å²) >= 11 is 2.88. The second kappa shape index (κ2) is 3.18. The Kier molecular flexibility index (Phi) is 2.42. The van der Waals surface area contributed by atoms with Gasteiger partial charge in [0.05, 0.1) is 11.3 Å². The number of halogens is 3. The first-order valence-electron chi connectivity index (χ1n) is 2.96. The molecule has 12 heavy (non-hydrogen) atoms. The minimum absolute atomic E-state index is 0.0936. The van der Waals surface area contributed by atoms with E-state index >= 15 is 0 Å². The summed E-state index contributed by atoms with van der Waals surface area (Å²) in [5.74, 6) is -2.32. The molecule has 0 bridgehead atoms. The molecule has 0 aliphatic heterocycles. The lowest BCUT2D eigenvalue weighted by molar-refractivity contribution is 0.111. The number of nitrogens with two attached hydrogens (primary N) is 1. The highest BCUT2D eigenvalue weighted by Crippen LogP contribution is 2.26. The van der Waals surface area contributed by atoms with Crippen LogP contribution in [0.4, 0.5) is 14.5 Å². The van der Waals surface area contributed by atoms with E-state index in [-0.39, 0.29) is 16.4 Å². The third-order valence-corrected chi connectivity index (χ3v) is 2.02. The molecule has 0 radical (unpaired) electrons. The first-order valence-corrected chi connectivity index (χ1v) is 3.75. The van der Waals surface area contributed by atoms with Crippen molar-refractivity contribution < 1.29 is 13.6 Å². The zero-order valence-corrected chi connectivity index (χ0v) is 7.36. The van der Waals surface area contributed by atoms with Crippen molar-refractivity contribution in [2.24, 2.45) is 0 Å². The van der Waals surface area contributed by atoms with Crippen LogP contribution in [-0.2, 0) is 0 Å². The Bertz CT molecular complexity index is 314. The lowest BCUT2D eigenvalue weighted by Crippen LogP contribution is -2.00. The second-order valence-corrected chi connectivity index (χ2v) is 2.95. The summed E-state index contributed by atoms with van der Waals surface area (Å²) in [5, 5.41) is 0. The molecule has 0 saturated carbocycles. The van der Waals surface area contributed by atoms with E-state index in [2.05, 4.69) is 15.9 Å². The zero-order chi connectivity index (χ0) is 9.30. The molecule has 0 amide bonds. The predicted molar refractivity (Wildman–Crippen MR) is 43.9 cm³/mol. The first kappa shape index (κ1) is 9.12. The summed E-state index contributed by atoms with van der Waals surface area (Å²) in [7, 11) is 0. The van der Waals surface area contributed by atoms with Gasteiger partial charge >= 0.3 is 0 Å². The molecule has 0 unspecified atom stereocenters. The number of hydrogen-bond acceptors (Lipinski definition) is 2. The molecule has 0 heterocycles. The van der Waals surface area contributed by atoms with Crippen LogP contribution in [-0.4, -0.2) is 6.29 Å². The molecule has 0 fully saturated rings. The largest absolute Gasteiger partial charge is 0.397 e. The van der Waals surface area contributed by atoms with Gasteiger partial charge in [0.1, 0.15) is 0 Å². The van der Waals surface area contributed by atoms with Crippen molar-refractivity contribution in [2.45, 2.75) is 0 Å². The van der Waals surface area contributed by atoms with Crippen molar-refractivity contribution in [3.05, 3.63) is 27.7 Å². The van der Waals surface area contributed by atoms with Crippen molar-refractivity contribution >= 4 is 27.9 Å². The van der Waals surface area contributed by atoms with E-state index in [4.69, 9.17) is 5.73 Å². The Morgan fingerprint density at radius 2 is 2.08 bits per heavy atom. The molecule has 2 nitrogen and oxygen atoms in total. The summed E-state index contributed by atoms with van der Waals surface area (Å²) in [6.45, 7) is 0. The van der Waals surface area contributed by atoms with Crippen molar-refractivity contribution in [1.29, 1.82) is 0 Å². The average molecular weight is 236 g/mol. The van der Waals surface area contributed by atoms with Gasteiger partial charge in [-0.15, -0.1) is 0 Å². The van der Waals surface area contributed by atoms with E-state index in [1.165, 1.54) is 0 Å². The topological polar surface area (TPSA) is 43.1 Å². The van der Waals surface area contributed by atoms with E-state index < -0.39 is 17.2 Å². The molecule has 1 rings (SSSR count). The SMILES string of the molecule is Nc1c(Br)cc(F)c(F)c1C=O. The molecule has 0 aliphatic carbocycles. The zero-order valence-electron chi connectivity index (χ0n) is 5.77. The Morgan fingerprint density at radius 1 is 1.50 bits per heavy atom. The number of carbonyl (C=O) groups is 1. The summed E-state index contributed by atoms with van der Waals surface area (Å²) in [6.07, 6.45) is 0.179. The van der Waals surface area contributed by atoms with Gasteiger partial charge in [-0.2, -0.15) is 0 Å². The third kappa shape index (κ3) is 1.32. The van der Waals surface area contributed by atoms with Crippen LogP contribution in [0.25, 0.3) is 0 Å². The van der Waals surface area contributed by atoms with E-state index in [1.807, 2.05) is 0 Å². The molecular weight excluding hydrogens is 232 g/mol. The molecule has 0 aliphatic rings. The first-order chi connectivity index (χ1) is 5.57. The fourth-order valence-electron chi connectivity index (χ4n) is 0.743. The second-order valence-electron chi connectivity index (χ2n) is 2.10. The summed E-state index contributed by atoms with van der Waals surface area (Å²) < 4.78 is 25.5. The standard InChI is InChI=1S/C7H4BrF2NO/c8-4-1-5(9)6(10)3(2-12)7(4)11/h1-2H,11H2. The smallest absolute Gasteiger partial charge is 0.171 e. The normalized spacial score (nSPS) is 9.92. The fraction of sp³-hybridized carbons (Fsp3) is 0. The number of anilines is 1. The van der Waals surface area contributed by atoms with Crippen molar-refractivity contribution in [1.82, 2.24) is 0 Å². The Balaban J connectivity index is 3.52. The van der Waals surface area contributed by atoms with Gasteiger partial charge in [-0.05, 0) is 22.0 Å². The molecule has 2 N–H and O–H groups in total. The van der Waals surface area contributed by atoms with Gasteiger partial charge in [0.15, 0.2) is 17.9 Å². The summed E-state index contributed by atoms with van der Waals surface area (Å²) in [5.41, 5.74) is 4.73. The van der Waals surface area contributed by atoms with Gasteiger partial charge in [-0.1, -0.05) is 0 Å². The van der Waals surface area contributed by atoms with Gasteiger partial charge in [0.25, 0.3) is 0 Å². The van der Waals surface area contributed by atoms with Crippen molar-refractivity contribution in [3.8, 4) is 0 Å². The highest BCUT2D eigenvalue weighted by molar-refractivity contribution is 9.10. The number of rotatable bonds is 1. The molecular formula is C7H4BrF2NO. The van der Waals surface area contributed by atoms with E-state index in [9.17, 15) is 13.6 Å². The number of aldehydes is 1. The molecule has 0 aromatic heterocycles. The number of benzene rings is 1. The Labute approximate surface area is 75.5 Å². The van der Waals surface area contributed by atoms with Crippen molar-refractivity contribution in [3.63, 3.8) is 0 Å². The highest BCUT2D eigenvalue weighted by Gasteiger charge is 2.14. The minimum atomic E-state index is -1.22. The maximum atomic E-state index is 12.7. The predicted octanol–water partition coefficient (Wildman–Crippen LogP) is 2.12. The molecule has 0 atom stereocenters. The van der Waals surface area contributed by atoms with Crippen LogP contribution in [0.2, 0.25) is 0 Å². The summed E-state index contributed by atoms with van der Waals surface area (Å²) in [6, 6.07) is 0.873. The maximum Gasteiger partial charge on any atom is 0.171 e. The average Bonchev–Trinajstić information content (AvgIpc) is 2.02. The van der Waals surface area contributed by atoms with Crippen LogP contribution in [0.5, 0.6) is 0 Å². The summed E-state index contributed by atoms with van der Waals surface area (Å²) in [4.78, 5) is 10.2. The van der Waals surface area contributed by atoms with Gasteiger partial charge in [-0.3, -0.25) is 4.79 Å². The highest BCUT2D eigenvalue weighted by atomic mass is 79.9. The van der Waals surface area contributed by atoms with Gasteiger partial charge in [0, 0.05) is 4.47 Å². The lowest BCUT2D eigenvalue weighted by Gasteiger charge is -2.03. The van der Waals surface area contributed by atoms with Crippen LogP contribution in [0.1, 0.15) is 10.4 Å². The van der Waals surface area contributed by atoms with E-state index in [0.29, 0.717) is 0 Å². The van der Waals surface area contributed by atoms with E-state index in [0.717, 1.165) is 6.07 Å². The number of nitrogen functional groups attached to an aromatic ring is 1. The third-order valence-electron chi connectivity index (χ3n) is 1.36. The molecule has 0 saturated heterocycles. The van der Waals surface area contributed by atoms with Crippen LogP contribution >= 0.6 is 15.9 Å². The molecule has 64 valence electrons. The van der Waals surface area contributed by atoms with Crippen LogP contribution in [0, 0.1) is 11.6 Å². The monoisotopic (exact) mass is 235 g/mol. The molecule has 1 aromatic rings. The quantitative estimate of drug-likeness (QED) is 0.461. The maximum absolute atomic E-state index is 12.7. The van der Waals surface area contributed by atoms with Crippen LogP contribution < -0.4 is 5.73 Å². The van der Waals surface area contributed by atoms with Gasteiger partial charge in [-0.25, -0.2) is 8.78 Å². The van der Waals surface area contributed by atoms with Crippen LogP contribution in [0.15, 0.2) is 10.5 Å².